The number of nitrogens with zero attached hydrogens (tertiary/aromatic N) is 1. The summed E-state index contributed by atoms with van der Waals surface area (Å²) >= 11 is 2.10. The normalized spacial score (nSPS) is 41.4. The summed E-state index contributed by atoms with van der Waals surface area (Å²) in [5.41, 5.74) is 2.97. The predicted octanol–water partition coefficient (Wildman–Crippen LogP) is 3.41. The molecule has 0 aromatic heterocycles. The van der Waals surface area contributed by atoms with E-state index in [4.69, 9.17) is 14.7 Å². The van der Waals surface area contributed by atoms with Crippen LogP contribution in [0.2, 0.25) is 0 Å². The van der Waals surface area contributed by atoms with E-state index in [-0.39, 0.29) is 16.4 Å². The number of fused-ring (bicyclic) bond motifs is 1. The third-order valence-electron chi connectivity index (χ3n) is 10.4. The lowest BCUT2D eigenvalue weighted by Crippen LogP contribution is -2.64. The van der Waals surface area contributed by atoms with Gasteiger partial charge in [-0.1, -0.05) is 33.1 Å². The van der Waals surface area contributed by atoms with Gasteiger partial charge in [0.05, 0.1) is 18.8 Å². The summed E-state index contributed by atoms with van der Waals surface area (Å²) in [6.45, 7) is 14.4. The number of hydrogen-bond acceptors (Lipinski definition) is 7. The fourth-order valence-corrected chi connectivity index (χ4v) is 9.40. The zero-order valence-corrected chi connectivity index (χ0v) is 26.7. The van der Waals surface area contributed by atoms with E-state index in [0.29, 0.717) is 47.5 Å². The molecule has 0 spiro atoms. The summed E-state index contributed by atoms with van der Waals surface area (Å²) in [5, 5.41) is 12.8. The molecular formula is C30H63N3O6S. The second-order valence-electron chi connectivity index (χ2n) is 12.8. The number of ether oxygens (including phenoxy) is 2. The third-order valence-corrected chi connectivity index (χ3v) is 11.6. The average Bonchev–Trinajstić information content (AvgIpc) is 3.56. The Hall–Kier alpha value is -0.0100. The van der Waals surface area contributed by atoms with Crippen LogP contribution in [-0.2, 0) is 9.47 Å². The first-order valence-corrected chi connectivity index (χ1v) is 16.8. The molecule has 3 heterocycles. The first-order valence-electron chi connectivity index (χ1n) is 15.7. The van der Waals surface area contributed by atoms with Crippen LogP contribution in [0.25, 0.3) is 0 Å². The molecule has 9 atom stereocenters. The molecule has 2 saturated carbocycles. The van der Waals surface area contributed by atoms with E-state index in [0.717, 1.165) is 43.9 Å². The van der Waals surface area contributed by atoms with Crippen molar-refractivity contribution >= 4 is 11.8 Å². The smallest absolute Gasteiger partial charge is 0.109 e. The monoisotopic (exact) mass is 593 g/mol. The van der Waals surface area contributed by atoms with Gasteiger partial charge in [0.25, 0.3) is 0 Å². The molecule has 240 valence electrons. The first kappa shape index (κ1) is 38.0. The number of rotatable bonds is 7. The van der Waals surface area contributed by atoms with Crippen molar-refractivity contribution in [1.29, 1.82) is 0 Å². The second-order valence-corrected chi connectivity index (χ2v) is 14.0. The minimum absolute atomic E-state index is 0. The van der Waals surface area contributed by atoms with Crippen molar-refractivity contribution in [3.63, 3.8) is 0 Å². The van der Waals surface area contributed by atoms with Crippen molar-refractivity contribution in [3.8, 4) is 0 Å². The zero-order valence-electron chi connectivity index (χ0n) is 25.9. The van der Waals surface area contributed by atoms with Gasteiger partial charge in [-0.05, 0) is 89.4 Å². The van der Waals surface area contributed by atoms with Crippen LogP contribution in [-0.4, -0.2) is 87.9 Å². The molecule has 10 heteroatoms. The van der Waals surface area contributed by atoms with Crippen LogP contribution >= 0.6 is 11.8 Å². The van der Waals surface area contributed by atoms with Gasteiger partial charge in [0.15, 0.2) is 0 Å². The highest BCUT2D eigenvalue weighted by Gasteiger charge is 2.47. The molecule has 3 saturated heterocycles. The summed E-state index contributed by atoms with van der Waals surface area (Å²) in [6.07, 6.45) is 13.9. The number of hydrogen-bond donors (Lipinski definition) is 3. The summed E-state index contributed by atoms with van der Waals surface area (Å²) in [4.78, 5) is 2.78. The maximum Gasteiger partial charge on any atom is 0.109 e. The van der Waals surface area contributed by atoms with E-state index in [2.05, 4.69) is 62.1 Å². The molecule has 5 rings (SSSR count). The minimum Gasteiger partial charge on any atom is -0.412 e. The summed E-state index contributed by atoms with van der Waals surface area (Å²) in [7, 11) is 0. The lowest BCUT2D eigenvalue weighted by Gasteiger charge is -2.51. The maximum absolute atomic E-state index is 8.92. The van der Waals surface area contributed by atoms with E-state index in [1.807, 2.05) is 0 Å². The maximum atomic E-state index is 8.92. The Kier molecular flexibility index (Phi) is 17.7. The second kappa shape index (κ2) is 18.6. The van der Waals surface area contributed by atoms with Crippen molar-refractivity contribution in [1.82, 2.24) is 15.7 Å². The van der Waals surface area contributed by atoms with Crippen LogP contribution in [0.3, 0.4) is 0 Å². The molecule has 9 nitrogen and oxygen atoms in total. The van der Waals surface area contributed by atoms with Gasteiger partial charge in [-0.25, -0.2) is 5.48 Å². The van der Waals surface area contributed by atoms with E-state index in [1.165, 1.54) is 63.7 Å². The fourth-order valence-electron chi connectivity index (χ4n) is 8.12. The Balaban J connectivity index is 0.000000395. The quantitative estimate of drug-likeness (QED) is 0.381. The fraction of sp³-hybridized carbons (Fsp3) is 1.00. The summed E-state index contributed by atoms with van der Waals surface area (Å²) in [6, 6.07) is 1.61. The van der Waals surface area contributed by atoms with E-state index < -0.39 is 0 Å². The van der Waals surface area contributed by atoms with Crippen molar-refractivity contribution in [2.45, 2.75) is 135 Å². The highest BCUT2D eigenvalue weighted by atomic mass is 32.2. The van der Waals surface area contributed by atoms with Gasteiger partial charge >= 0.3 is 0 Å². The van der Waals surface area contributed by atoms with Crippen molar-refractivity contribution in [3.05, 3.63) is 0 Å². The molecule has 0 aromatic carbocycles. The standard InChI is InChI=1S/C18H34N2OS.C12H23NO2.3H2O/c1-4-14-6-8-15(9-7-14)17-16(12-21-5-2)13(3)19-18-20(17)10-11-22-18;1-8-7-10(13-14)4-5-11(8)12-6-3-9(2)15-12;;;/h13-19H,4-12H2,1-3H3;8-14H,3-7H2,1-2H3;3*1H2. The Morgan fingerprint density at radius 3 is 2.27 bits per heavy atom. The molecule has 0 amide bonds. The molecule has 0 radical (unpaired) electrons. The first-order chi connectivity index (χ1) is 17.9. The summed E-state index contributed by atoms with van der Waals surface area (Å²) in [5.74, 6) is 5.19. The Bertz CT molecular complexity index is 673. The molecule has 5 aliphatic rings. The van der Waals surface area contributed by atoms with Gasteiger partial charge in [0.2, 0.25) is 0 Å². The van der Waals surface area contributed by atoms with Crippen LogP contribution in [0.15, 0.2) is 0 Å². The average molecular weight is 594 g/mol. The Labute approximate surface area is 248 Å². The zero-order chi connectivity index (χ0) is 26.4. The van der Waals surface area contributed by atoms with Crippen molar-refractivity contribution in [2.24, 2.45) is 29.6 Å². The molecule has 0 bridgehead atoms. The third kappa shape index (κ3) is 9.49. The van der Waals surface area contributed by atoms with Gasteiger partial charge in [0.1, 0.15) is 5.50 Å². The van der Waals surface area contributed by atoms with Crippen LogP contribution in [0.5, 0.6) is 0 Å². The molecule has 9 N–H and O–H groups in total. The summed E-state index contributed by atoms with van der Waals surface area (Å²) < 4.78 is 11.8. The molecule has 9 unspecified atom stereocenters. The van der Waals surface area contributed by atoms with Crippen molar-refractivity contribution in [2.75, 3.05) is 25.5 Å². The lowest BCUT2D eigenvalue weighted by molar-refractivity contribution is -0.0339. The molecule has 0 aromatic rings. The highest BCUT2D eigenvalue weighted by Crippen LogP contribution is 2.43. The van der Waals surface area contributed by atoms with Gasteiger partial charge in [0, 0.05) is 42.9 Å². The van der Waals surface area contributed by atoms with Gasteiger partial charge in [-0.2, -0.15) is 0 Å². The molecule has 2 aliphatic carbocycles. The molecule has 3 aliphatic heterocycles. The van der Waals surface area contributed by atoms with Crippen molar-refractivity contribution < 1.29 is 31.1 Å². The predicted molar refractivity (Wildman–Crippen MR) is 165 cm³/mol. The Morgan fingerprint density at radius 2 is 1.70 bits per heavy atom. The molecule has 5 fully saturated rings. The van der Waals surface area contributed by atoms with Crippen LogP contribution in [0.4, 0.5) is 0 Å². The number of nitrogens with one attached hydrogen (secondary N) is 2. The highest BCUT2D eigenvalue weighted by molar-refractivity contribution is 8.00. The SMILES string of the molecule is CC1CCC(C2CCC(NO)CC2C)O1.CCOCC1C(C)NC2SCCN2C1C1CCC(CC)CC1.O.O.O. The number of hydroxylamine groups is 1. The molecular weight excluding hydrogens is 530 g/mol. The topological polar surface area (TPSA) is 160 Å². The van der Waals surface area contributed by atoms with Crippen LogP contribution in [0, 0.1) is 29.6 Å². The Morgan fingerprint density at radius 1 is 0.975 bits per heavy atom. The molecule has 40 heavy (non-hydrogen) atoms. The van der Waals surface area contributed by atoms with E-state index >= 15 is 0 Å². The van der Waals surface area contributed by atoms with Gasteiger partial charge in [-0.3, -0.25) is 10.2 Å². The van der Waals surface area contributed by atoms with Gasteiger partial charge < -0.3 is 31.1 Å². The minimum atomic E-state index is 0. The van der Waals surface area contributed by atoms with Crippen LogP contribution in [0.1, 0.15) is 98.8 Å². The van der Waals surface area contributed by atoms with E-state index in [9.17, 15) is 0 Å². The largest absolute Gasteiger partial charge is 0.412 e. The van der Waals surface area contributed by atoms with Crippen LogP contribution < -0.4 is 10.8 Å². The number of thioether (sulfide) groups is 1. The van der Waals surface area contributed by atoms with E-state index in [1.54, 1.807) is 0 Å². The van der Waals surface area contributed by atoms with Gasteiger partial charge in [-0.15, -0.1) is 11.8 Å². The lowest BCUT2D eigenvalue weighted by atomic mass is 9.72.